The Kier molecular flexibility index (Phi) is 7.37. The fraction of sp³-hybridized carbons (Fsp3) is 0.444. The minimum absolute atomic E-state index is 0.604. The standard InChI is InChI=1S/C54H56N2/c1-2-12-35(13-3-1)55-49-22-8-6-16-40(49)47-30-33(24-28-51(47)55)34-25-29-52-48(31-34)41-17-7-9-23-50(41)56(52)36-26-27-39-44-20-10-18-42-37-14-4-5-15-38(37)43-19-11-21-45(46(39)32-36)54(43)53(42)44/h1-3,6-9,12-13,16-17,22-25,28-31,36-39,42-46,53-54H,4-5,10-11,14-15,18-21,26-27,32H2. The van der Waals surface area contributed by atoms with Crippen LogP contribution in [0.15, 0.2) is 115 Å². The molecule has 13 rings (SSSR count). The van der Waals surface area contributed by atoms with E-state index in [1.165, 1.54) is 112 Å². The van der Waals surface area contributed by atoms with Gasteiger partial charge in [-0.05, 0) is 177 Å². The first-order valence-corrected chi connectivity index (χ1v) is 22.9. The molecular formula is C54H56N2. The smallest absolute Gasteiger partial charge is 0.0541 e. The van der Waals surface area contributed by atoms with Crippen molar-refractivity contribution in [2.45, 2.75) is 89.5 Å². The Morgan fingerprint density at radius 1 is 0.357 bits per heavy atom. The molecule has 0 N–H and O–H groups in total. The molecule has 2 nitrogen and oxygen atoms in total. The van der Waals surface area contributed by atoms with E-state index in [1.54, 1.807) is 32.1 Å². The molecule has 0 spiro atoms. The summed E-state index contributed by atoms with van der Waals surface area (Å²) in [5.74, 6) is 10.4. The molecule has 5 aromatic carbocycles. The monoisotopic (exact) mass is 732 g/mol. The number of nitrogens with zero attached hydrogens (tertiary/aromatic N) is 2. The minimum Gasteiger partial charge on any atom is -0.337 e. The summed E-state index contributed by atoms with van der Waals surface area (Å²) in [7, 11) is 0. The maximum Gasteiger partial charge on any atom is 0.0541 e. The Morgan fingerprint density at radius 3 is 1.52 bits per heavy atom. The molecule has 2 heteroatoms. The molecule has 0 aliphatic heterocycles. The van der Waals surface area contributed by atoms with Crippen molar-refractivity contribution >= 4 is 43.6 Å². The van der Waals surface area contributed by atoms with E-state index in [-0.39, 0.29) is 0 Å². The summed E-state index contributed by atoms with van der Waals surface area (Å²) < 4.78 is 5.28. The molecule has 282 valence electrons. The van der Waals surface area contributed by atoms with E-state index >= 15 is 0 Å². The van der Waals surface area contributed by atoms with Crippen LogP contribution in [0.2, 0.25) is 0 Å². The maximum absolute atomic E-state index is 2.86. The molecular weight excluding hydrogens is 677 g/mol. The summed E-state index contributed by atoms with van der Waals surface area (Å²) in [6.07, 6.45) is 19.7. The number of aromatic nitrogens is 2. The fourth-order valence-electron chi connectivity index (χ4n) is 16.0. The Morgan fingerprint density at radius 2 is 0.839 bits per heavy atom. The van der Waals surface area contributed by atoms with Crippen molar-refractivity contribution in [2.24, 2.45) is 59.2 Å². The van der Waals surface area contributed by atoms with Gasteiger partial charge in [-0.15, -0.1) is 0 Å². The minimum atomic E-state index is 0.604. The topological polar surface area (TPSA) is 9.86 Å². The average Bonchev–Trinajstić information content (AvgIpc) is 3.78. The zero-order chi connectivity index (χ0) is 36.5. The number of benzene rings is 5. The second-order valence-electron chi connectivity index (χ2n) is 19.6. The van der Waals surface area contributed by atoms with Gasteiger partial charge < -0.3 is 9.13 Å². The van der Waals surface area contributed by atoms with Crippen molar-refractivity contribution in [1.29, 1.82) is 0 Å². The highest BCUT2D eigenvalue weighted by Gasteiger charge is 2.62. The van der Waals surface area contributed by atoms with Gasteiger partial charge in [-0.25, -0.2) is 0 Å². The Bertz CT molecular complexity index is 2620. The maximum atomic E-state index is 2.86. The first-order valence-electron chi connectivity index (χ1n) is 22.9. The number of fused-ring (bicyclic) bond motifs is 12. The number of para-hydroxylation sites is 3. The molecule has 2 heterocycles. The second kappa shape index (κ2) is 12.6. The molecule has 6 aliphatic carbocycles. The van der Waals surface area contributed by atoms with E-state index in [2.05, 4.69) is 124 Å². The van der Waals surface area contributed by atoms with Gasteiger partial charge in [0.1, 0.15) is 0 Å². The Labute approximate surface area is 332 Å². The lowest BCUT2D eigenvalue weighted by molar-refractivity contribution is -0.189. The highest BCUT2D eigenvalue weighted by Crippen LogP contribution is 2.69. The number of hydrogen-bond donors (Lipinski definition) is 0. The van der Waals surface area contributed by atoms with Crippen molar-refractivity contribution in [2.75, 3.05) is 0 Å². The van der Waals surface area contributed by atoms with Gasteiger partial charge >= 0.3 is 0 Å². The Balaban J connectivity index is 0.886. The zero-order valence-electron chi connectivity index (χ0n) is 32.9. The third-order valence-corrected chi connectivity index (χ3v) is 17.7. The van der Waals surface area contributed by atoms with E-state index in [1.807, 2.05) is 0 Å². The summed E-state index contributed by atoms with van der Waals surface area (Å²) >= 11 is 0. The quantitative estimate of drug-likeness (QED) is 0.171. The molecule has 56 heavy (non-hydrogen) atoms. The fourth-order valence-corrected chi connectivity index (χ4v) is 16.0. The van der Waals surface area contributed by atoms with Crippen LogP contribution in [0.25, 0.3) is 60.4 Å². The molecule has 0 amide bonds. The molecule has 0 radical (unpaired) electrons. The van der Waals surface area contributed by atoms with E-state index < -0.39 is 0 Å². The molecule has 11 unspecified atom stereocenters. The summed E-state index contributed by atoms with van der Waals surface area (Å²) in [5, 5.41) is 5.50. The predicted molar refractivity (Wildman–Crippen MR) is 233 cm³/mol. The van der Waals surface area contributed by atoms with E-state index in [4.69, 9.17) is 0 Å². The molecule has 6 fully saturated rings. The van der Waals surface area contributed by atoms with Crippen LogP contribution in [0.1, 0.15) is 89.5 Å². The largest absolute Gasteiger partial charge is 0.337 e. The van der Waals surface area contributed by atoms with Gasteiger partial charge in [0, 0.05) is 44.3 Å². The summed E-state index contributed by atoms with van der Waals surface area (Å²) in [5.41, 5.74) is 9.28. The summed E-state index contributed by atoms with van der Waals surface area (Å²) in [6, 6.07) is 44.4. The van der Waals surface area contributed by atoms with Crippen LogP contribution in [0.3, 0.4) is 0 Å². The van der Waals surface area contributed by atoms with Crippen LogP contribution >= 0.6 is 0 Å². The highest BCUT2D eigenvalue weighted by molar-refractivity contribution is 6.12. The molecule has 7 aromatic rings. The molecule has 0 bridgehead atoms. The molecule has 11 atom stereocenters. The van der Waals surface area contributed by atoms with Crippen LogP contribution in [0.5, 0.6) is 0 Å². The van der Waals surface area contributed by atoms with Gasteiger partial charge in [0.2, 0.25) is 0 Å². The van der Waals surface area contributed by atoms with Crippen molar-refractivity contribution in [3.8, 4) is 16.8 Å². The van der Waals surface area contributed by atoms with Crippen molar-refractivity contribution < 1.29 is 0 Å². The second-order valence-corrected chi connectivity index (χ2v) is 19.6. The van der Waals surface area contributed by atoms with Crippen LogP contribution in [-0.4, -0.2) is 9.13 Å². The normalized spacial score (nSPS) is 33.7. The lowest BCUT2D eigenvalue weighted by Gasteiger charge is -2.67. The zero-order valence-corrected chi connectivity index (χ0v) is 32.9. The van der Waals surface area contributed by atoms with Gasteiger partial charge in [-0.2, -0.15) is 0 Å². The van der Waals surface area contributed by atoms with Crippen LogP contribution in [0.4, 0.5) is 0 Å². The highest BCUT2D eigenvalue weighted by atomic mass is 15.0. The molecule has 6 saturated carbocycles. The number of rotatable bonds is 3. The molecule has 6 aliphatic rings. The van der Waals surface area contributed by atoms with Gasteiger partial charge in [0.25, 0.3) is 0 Å². The van der Waals surface area contributed by atoms with Gasteiger partial charge in [-0.3, -0.25) is 0 Å². The first-order chi connectivity index (χ1) is 27.8. The van der Waals surface area contributed by atoms with Gasteiger partial charge in [0.15, 0.2) is 0 Å². The van der Waals surface area contributed by atoms with E-state index in [0.29, 0.717) is 6.04 Å². The van der Waals surface area contributed by atoms with E-state index in [9.17, 15) is 0 Å². The van der Waals surface area contributed by atoms with Crippen LogP contribution in [-0.2, 0) is 0 Å². The third-order valence-electron chi connectivity index (χ3n) is 17.7. The van der Waals surface area contributed by atoms with Crippen molar-refractivity contribution in [3.63, 3.8) is 0 Å². The van der Waals surface area contributed by atoms with Crippen molar-refractivity contribution in [1.82, 2.24) is 9.13 Å². The van der Waals surface area contributed by atoms with Crippen LogP contribution < -0.4 is 0 Å². The summed E-state index contributed by atoms with van der Waals surface area (Å²) in [4.78, 5) is 0. The van der Waals surface area contributed by atoms with Crippen molar-refractivity contribution in [3.05, 3.63) is 115 Å². The number of hydrogen-bond acceptors (Lipinski definition) is 0. The van der Waals surface area contributed by atoms with Crippen LogP contribution in [0, 0.1) is 59.2 Å². The molecule has 0 saturated heterocycles. The predicted octanol–water partition coefficient (Wildman–Crippen LogP) is 14.4. The van der Waals surface area contributed by atoms with Gasteiger partial charge in [0.05, 0.1) is 11.0 Å². The first kappa shape index (κ1) is 32.8. The lowest BCUT2D eigenvalue weighted by atomic mass is 9.38. The summed E-state index contributed by atoms with van der Waals surface area (Å²) in [6.45, 7) is 0. The van der Waals surface area contributed by atoms with Gasteiger partial charge in [-0.1, -0.05) is 92.4 Å². The van der Waals surface area contributed by atoms with E-state index in [0.717, 1.165) is 59.2 Å². The SMILES string of the molecule is c1ccc(-n2c3ccccc3c3cc(-c4ccc5c(c4)c4ccccc4n5C4CCC5C(C4)C4CCCC6C7CCCCC7C7CCCC5C7C64)ccc32)cc1. The third kappa shape index (κ3) is 4.62. The Hall–Kier alpha value is -4.30. The average molecular weight is 733 g/mol. The molecule has 2 aromatic heterocycles. The lowest BCUT2D eigenvalue weighted by Crippen LogP contribution is -2.61.